The van der Waals surface area contributed by atoms with Crippen molar-refractivity contribution in [3.8, 4) is 0 Å². The molecule has 1 rings (SSSR count). The van der Waals surface area contributed by atoms with Crippen molar-refractivity contribution in [3.05, 3.63) is 6.33 Å². The predicted octanol–water partition coefficient (Wildman–Crippen LogP) is -0.374. The molecule has 0 aliphatic rings. The summed E-state index contributed by atoms with van der Waals surface area (Å²) in [6.07, 6.45) is 2.25. The molecule has 0 radical (unpaired) electrons. The number of tetrazole rings is 1. The van der Waals surface area contributed by atoms with Crippen molar-refractivity contribution in [3.63, 3.8) is 0 Å². The first-order chi connectivity index (χ1) is 5.79. The molecule has 0 saturated heterocycles. The maximum absolute atomic E-state index is 10.3. The van der Waals surface area contributed by atoms with Crippen molar-refractivity contribution in [1.82, 2.24) is 20.2 Å². The van der Waals surface area contributed by atoms with Crippen LogP contribution in [0.15, 0.2) is 6.33 Å². The molecule has 0 fully saturated rings. The molecule has 6 nitrogen and oxygen atoms in total. The van der Waals surface area contributed by atoms with Gasteiger partial charge in [-0.05, 0) is 10.4 Å². The minimum absolute atomic E-state index is 0.258. The third-order valence-electron chi connectivity index (χ3n) is 1.23. The molecule has 0 aliphatic carbocycles. The molecule has 12 heavy (non-hydrogen) atoms. The summed E-state index contributed by atoms with van der Waals surface area (Å²) >= 11 is 0. The molecule has 66 valence electrons. The molecule has 0 unspecified atom stereocenters. The van der Waals surface area contributed by atoms with Gasteiger partial charge in [0, 0.05) is 19.9 Å². The summed E-state index contributed by atoms with van der Waals surface area (Å²) in [5.41, 5.74) is 0. The summed E-state index contributed by atoms with van der Waals surface area (Å²) in [5, 5.41) is 10.6. The van der Waals surface area contributed by atoms with Gasteiger partial charge in [0.25, 0.3) is 0 Å². The zero-order valence-electron chi connectivity index (χ0n) is 6.80. The Hall–Kier alpha value is -1.46. The van der Waals surface area contributed by atoms with E-state index in [1.165, 1.54) is 13.3 Å². The molecule has 0 N–H and O–H groups in total. The second-order valence-corrected chi connectivity index (χ2v) is 2.27. The van der Waals surface area contributed by atoms with Gasteiger partial charge in [0.05, 0.1) is 6.61 Å². The highest BCUT2D eigenvalue weighted by Crippen LogP contribution is 1.87. The Kier molecular flexibility index (Phi) is 3.18. The van der Waals surface area contributed by atoms with Crippen LogP contribution in [0.5, 0.6) is 0 Å². The SMILES string of the molecule is CC(=O)OCCCn1cnnn1. The quantitative estimate of drug-likeness (QED) is 0.455. The van der Waals surface area contributed by atoms with Gasteiger partial charge in [-0.25, -0.2) is 4.68 Å². The smallest absolute Gasteiger partial charge is 0.302 e. The van der Waals surface area contributed by atoms with E-state index in [4.69, 9.17) is 4.74 Å². The van der Waals surface area contributed by atoms with Gasteiger partial charge in [0.15, 0.2) is 0 Å². The fraction of sp³-hybridized carbons (Fsp3) is 0.667. The first-order valence-corrected chi connectivity index (χ1v) is 3.63. The van der Waals surface area contributed by atoms with E-state index in [9.17, 15) is 4.79 Å². The van der Waals surface area contributed by atoms with Crippen LogP contribution in [-0.2, 0) is 16.1 Å². The summed E-state index contributed by atoms with van der Waals surface area (Å²) in [5.74, 6) is -0.258. The molecular weight excluding hydrogens is 160 g/mol. The number of hydrogen-bond donors (Lipinski definition) is 0. The molecule has 0 amide bonds. The monoisotopic (exact) mass is 170 g/mol. The number of aromatic nitrogens is 4. The van der Waals surface area contributed by atoms with Gasteiger partial charge in [-0.2, -0.15) is 0 Å². The van der Waals surface area contributed by atoms with Gasteiger partial charge in [-0.1, -0.05) is 0 Å². The number of esters is 1. The number of carbonyl (C=O) groups excluding carboxylic acids is 1. The van der Waals surface area contributed by atoms with Gasteiger partial charge in [-0.3, -0.25) is 4.79 Å². The third-order valence-corrected chi connectivity index (χ3v) is 1.23. The zero-order chi connectivity index (χ0) is 8.81. The molecule has 1 aromatic rings. The minimum Gasteiger partial charge on any atom is -0.466 e. The van der Waals surface area contributed by atoms with Gasteiger partial charge in [-0.15, -0.1) is 5.10 Å². The number of nitrogens with zero attached hydrogens (tertiary/aromatic N) is 4. The molecule has 6 heteroatoms. The standard InChI is InChI=1S/C6H10N4O2/c1-6(11)12-4-2-3-10-5-7-8-9-10/h5H,2-4H2,1H3. The highest BCUT2D eigenvalue weighted by Gasteiger charge is 1.94. The van der Waals surface area contributed by atoms with Crippen LogP contribution in [-0.4, -0.2) is 32.8 Å². The molecular formula is C6H10N4O2. The lowest BCUT2D eigenvalue weighted by Gasteiger charge is -2.00. The Balaban J connectivity index is 2.07. The number of carbonyl (C=O) groups is 1. The summed E-state index contributed by atoms with van der Waals surface area (Å²) in [7, 11) is 0. The van der Waals surface area contributed by atoms with Crippen LogP contribution in [0.4, 0.5) is 0 Å². The van der Waals surface area contributed by atoms with Crippen molar-refractivity contribution in [2.45, 2.75) is 19.9 Å². The predicted molar refractivity (Wildman–Crippen MR) is 39.1 cm³/mol. The first-order valence-electron chi connectivity index (χ1n) is 3.63. The van der Waals surface area contributed by atoms with Gasteiger partial charge < -0.3 is 4.74 Å². The zero-order valence-corrected chi connectivity index (χ0v) is 6.80. The molecule has 0 saturated carbocycles. The van der Waals surface area contributed by atoms with E-state index in [1.807, 2.05) is 0 Å². The Bertz CT molecular complexity index is 234. The Morgan fingerprint density at radius 3 is 3.08 bits per heavy atom. The molecule has 1 heterocycles. The van der Waals surface area contributed by atoms with Crippen LogP contribution in [0.3, 0.4) is 0 Å². The largest absolute Gasteiger partial charge is 0.466 e. The lowest BCUT2D eigenvalue weighted by Crippen LogP contribution is -2.05. The summed E-state index contributed by atoms with van der Waals surface area (Å²) < 4.78 is 6.31. The Morgan fingerprint density at radius 1 is 1.67 bits per heavy atom. The summed E-state index contributed by atoms with van der Waals surface area (Å²) in [6, 6.07) is 0. The highest BCUT2D eigenvalue weighted by atomic mass is 16.5. The minimum atomic E-state index is -0.258. The maximum atomic E-state index is 10.3. The van der Waals surface area contributed by atoms with Crippen molar-refractivity contribution in [2.75, 3.05) is 6.61 Å². The van der Waals surface area contributed by atoms with Gasteiger partial charge >= 0.3 is 5.97 Å². The van der Waals surface area contributed by atoms with E-state index in [1.54, 1.807) is 4.68 Å². The second-order valence-electron chi connectivity index (χ2n) is 2.27. The van der Waals surface area contributed by atoms with E-state index in [-0.39, 0.29) is 5.97 Å². The Labute approximate surface area is 69.5 Å². The van der Waals surface area contributed by atoms with Crippen LogP contribution >= 0.6 is 0 Å². The lowest BCUT2D eigenvalue weighted by atomic mass is 10.4. The van der Waals surface area contributed by atoms with Crippen LogP contribution in [0, 0.1) is 0 Å². The van der Waals surface area contributed by atoms with Crippen LogP contribution < -0.4 is 0 Å². The van der Waals surface area contributed by atoms with Crippen molar-refractivity contribution in [1.29, 1.82) is 0 Å². The van der Waals surface area contributed by atoms with Gasteiger partial charge in [0.1, 0.15) is 6.33 Å². The summed E-state index contributed by atoms with van der Waals surface area (Å²) in [6.45, 7) is 2.46. The van der Waals surface area contributed by atoms with E-state index in [0.717, 1.165) is 6.42 Å². The second kappa shape index (κ2) is 4.42. The number of hydrogen-bond acceptors (Lipinski definition) is 5. The van der Waals surface area contributed by atoms with Crippen LogP contribution in [0.2, 0.25) is 0 Å². The summed E-state index contributed by atoms with van der Waals surface area (Å²) in [4.78, 5) is 10.3. The fourth-order valence-electron chi connectivity index (χ4n) is 0.725. The Morgan fingerprint density at radius 2 is 2.50 bits per heavy atom. The average Bonchev–Trinajstić information content (AvgIpc) is 2.49. The fourth-order valence-corrected chi connectivity index (χ4v) is 0.725. The average molecular weight is 170 g/mol. The molecule has 0 atom stereocenters. The van der Waals surface area contributed by atoms with E-state index < -0.39 is 0 Å². The normalized spacial score (nSPS) is 9.75. The lowest BCUT2D eigenvalue weighted by molar-refractivity contribution is -0.141. The van der Waals surface area contributed by atoms with Crippen LogP contribution in [0.25, 0.3) is 0 Å². The van der Waals surface area contributed by atoms with Crippen LogP contribution in [0.1, 0.15) is 13.3 Å². The van der Waals surface area contributed by atoms with E-state index in [2.05, 4.69) is 15.5 Å². The molecule has 0 aromatic carbocycles. The molecule has 0 bridgehead atoms. The number of rotatable bonds is 4. The molecule has 0 aliphatic heterocycles. The maximum Gasteiger partial charge on any atom is 0.302 e. The van der Waals surface area contributed by atoms with Crippen molar-refractivity contribution >= 4 is 5.97 Å². The topological polar surface area (TPSA) is 69.9 Å². The first kappa shape index (κ1) is 8.63. The van der Waals surface area contributed by atoms with E-state index in [0.29, 0.717) is 13.2 Å². The van der Waals surface area contributed by atoms with Crippen molar-refractivity contribution < 1.29 is 9.53 Å². The number of ether oxygens (including phenoxy) is 1. The van der Waals surface area contributed by atoms with Crippen molar-refractivity contribution in [2.24, 2.45) is 0 Å². The highest BCUT2D eigenvalue weighted by molar-refractivity contribution is 5.65. The molecule has 0 spiro atoms. The van der Waals surface area contributed by atoms with Gasteiger partial charge in [0.2, 0.25) is 0 Å². The third kappa shape index (κ3) is 3.09. The van der Waals surface area contributed by atoms with E-state index >= 15 is 0 Å². The number of aryl methyl sites for hydroxylation is 1. The molecule has 1 aromatic heterocycles.